The van der Waals surface area contributed by atoms with Crippen LogP contribution >= 0.6 is 0 Å². The molecule has 0 saturated heterocycles. The van der Waals surface area contributed by atoms with Crippen LogP contribution in [0.25, 0.3) is 5.82 Å². The number of carbonyl (C=O) groups is 1. The number of nitrogens with one attached hydrogen (secondary N) is 1. The summed E-state index contributed by atoms with van der Waals surface area (Å²) in [6.45, 7) is 0.880. The van der Waals surface area contributed by atoms with Crippen molar-refractivity contribution >= 4 is 11.6 Å². The van der Waals surface area contributed by atoms with Crippen molar-refractivity contribution in [1.29, 1.82) is 0 Å². The lowest BCUT2D eigenvalue weighted by molar-refractivity contribution is 0.101. The van der Waals surface area contributed by atoms with Crippen molar-refractivity contribution in [2.24, 2.45) is 0 Å². The molecule has 0 saturated carbocycles. The summed E-state index contributed by atoms with van der Waals surface area (Å²) in [6, 6.07) is 13.9. The predicted octanol–water partition coefficient (Wildman–Crippen LogP) is 3.48. The van der Waals surface area contributed by atoms with Crippen molar-refractivity contribution in [1.82, 2.24) is 19.5 Å². The fraction of sp³-hybridized carbons (Fsp3) is 0.0909. The molecule has 3 heterocycles. The molecule has 1 amide bonds. The Balaban J connectivity index is 1.28. The van der Waals surface area contributed by atoms with Crippen LogP contribution in [0.15, 0.2) is 73.6 Å². The Kier molecular flexibility index (Phi) is 4.89. The van der Waals surface area contributed by atoms with E-state index in [2.05, 4.69) is 20.3 Å². The van der Waals surface area contributed by atoms with Crippen LogP contribution in [0.3, 0.4) is 0 Å². The highest BCUT2D eigenvalue weighted by molar-refractivity contribution is 6.06. The number of benzene rings is 2. The number of fused-ring (bicyclic) bond motifs is 1. The Hall–Kier alpha value is -4.40. The van der Waals surface area contributed by atoms with Gasteiger partial charge in [0, 0.05) is 24.1 Å². The van der Waals surface area contributed by atoms with E-state index < -0.39 is 0 Å². The lowest BCUT2D eigenvalue weighted by Crippen LogP contribution is -2.20. The number of hydrogen-bond donors (Lipinski definition) is 1. The van der Waals surface area contributed by atoms with Gasteiger partial charge in [0.05, 0.1) is 5.56 Å². The van der Waals surface area contributed by atoms with Crippen LogP contribution in [-0.4, -0.2) is 38.6 Å². The third-order valence-corrected chi connectivity index (χ3v) is 4.54. The molecule has 0 radical (unpaired) electrons. The number of anilines is 1. The molecular formula is C22H17N5O4. The molecule has 0 fully saturated rings. The Morgan fingerprint density at radius 2 is 1.94 bits per heavy atom. The molecule has 154 valence electrons. The van der Waals surface area contributed by atoms with Gasteiger partial charge in [0.15, 0.2) is 11.5 Å². The van der Waals surface area contributed by atoms with Crippen molar-refractivity contribution in [2.45, 2.75) is 0 Å². The standard InChI is InChI=1S/C22H17N5O4/c28-22(17-2-1-3-18-21(17)30-11-10-29-18)26-15-4-6-16(7-5-15)31-20-12-19(24-13-25-20)27-9-8-23-14-27/h1-9,12-14H,10-11H2,(H,26,28). The maximum Gasteiger partial charge on any atom is 0.259 e. The summed E-state index contributed by atoms with van der Waals surface area (Å²) in [5, 5.41) is 2.86. The molecule has 0 aliphatic carbocycles. The van der Waals surface area contributed by atoms with Gasteiger partial charge in [0.25, 0.3) is 5.91 Å². The van der Waals surface area contributed by atoms with Gasteiger partial charge in [0.2, 0.25) is 5.88 Å². The van der Waals surface area contributed by atoms with E-state index >= 15 is 0 Å². The Morgan fingerprint density at radius 3 is 2.77 bits per heavy atom. The van der Waals surface area contributed by atoms with Crippen LogP contribution in [0, 0.1) is 0 Å². The number of carbonyl (C=O) groups excluding carboxylic acids is 1. The molecule has 2 aromatic heterocycles. The number of rotatable bonds is 5. The molecule has 0 bridgehead atoms. The van der Waals surface area contributed by atoms with Crippen molar-refractivity contribution < 1.29 is 19.0 Å². The summed E-state index contributed by atoms with van der Waals surface area (Å²) < 4.78 is 18.7. The highest BCUT2D eigenvalue weighted by Gasteiger charge is 2.20. The number of ether oxygens (including phenoxy) is 3. The Labute approximate surface area is 177 Å². The van der Waals surface area contributed by atoms with Gasteiger partial charge in [-0.15, -0.1) is 0 Å². The van der Waals surface area contributed by atoms with Crippen LogP contribution in [0.1, 0.15) is 10.4 Å². The van der Waals surface area contributed by atoms with Crippen LogP contribution in [0.5, 0.6) is 23.1 Å². The normalized spacial score (nSPS) is 12.3. The zero-order valence-electron chi connectivity index (χ0n) is 16.3. The van der Waals surface area contributed by atoms with E-state index in [0.29, 0.717) is 53.4 Å². The molecule has 31 heavy (non-hydrogen) atoms. The number of amides is 1. The zero-order chi connectivity index (χ0) is 21.0. The lowest BCUT2D eigenvalue weighted by Gasteiger charge is -2.20. The van der Waals surface area contributed by atoms with Crippen LogP contribution < -0.4 is 19.5 Å². The first-order valence-corrected chi connectivity index (χ1v) is 9.54. The highest BCUT2D eigenvalue weighted by atomic mass is 16.6. The van der Waals surface area contributed by atoms with E-state index in [-0.39, 0.29) is 5.91 Å². The number of hydrogen-bond acceptors (Lipinski definition) is 7. The highest BCUT2D eigenvalue weighted by Crippen LogP contribution is 2.34. The summed E-state index contributed by atoms with van der Waals surface area (Å²) in [7, 11) is 0. The maximum atomic E-state index is 12.7. The fourth-order valence-corrected chi connectivity index (χ4v) is 3.10. The van der Waals surface area contributed by atoms with Crippen molar-refractivity contribution in [3.63, 3.8) is 0 Å². The lowest BCUT2D eigenvalue weighted by atomic mass is 10.1. The third kappa shape index (κ3) is 4.01. The van der Waals surface area contributed by atoms with Gasteiger partial charge in [-0.1, -0.05) is 6.07 Å². The first-order chi connectivity index (χ1) is 15.3. The monoisotopic (exact) mass is 415 g/mol. The van der Waals surface area contributed by atoms with E-state index in [4.69, 9.17) is 14.2 Å². The summed E-state index contributed by atoms with van der Waals surface area (Å²) >= 11 is 0. The molecule has 5 rings (SSSR count). The second-order valence-corrected chi connectivity index (χ2v) is 6.59. The maximum absolute atomic E-state index is 12.7. The second kappa shape index (κ2) is 8.15. The van der Waals surface area contributed by atoms with E-state index in [9.17, 15) is 4.79 Å². The topological polar surface area (TPSA) is 100 Å². The van der Waals surface area contributed by atoms with Gasteiger partial charge < -0.3 is 19.5 Å². The Bertz CT molecular complexity index is 1210. The predicted molar refractivity (Wildman–Crippen MR) is 111 cm³/mol. The van der Waals surface area contributed by atoms with Crippen LogP contribution in [0.4, 0.5) is 5.69 Å². The number of imidazole rings is 1. The van der Waals surface area contributed by atoms with Gasteiger partial charge in [0.1, 0.15) is 37.4 Å². The van der Waals surface area contributed by atoms with E-state index in [1.54, 1.807) is 71.8 Å². The molecule has 4 aromatic rings. The van der Waals surface area contributed by atoms with Gasteiger partial charge in [-0.2, -0.15) is 0 Å². The fourth-order valence-electron chi connectivity index (χ4n) is 3.10. The van der Waals surface area contributed by atoms with E-state index in [1.165, 1.54) is 6.33 Å². The first kappa shape index (κ1) is 18.6. The summed E-state index contributed by atoms with van der Waals surface area (Å²) in [5.41, 5.74) is 1.04. The van der Waals surface area contributed by atoms with Gasteiger partial charge in [-0.05, 0) is 36.4 Å². The first-order valence-electron chi connectivity index (χ1n) is 9.54. The van der Waals surface area contributed by atoms with Crippen molar-refractivity contribution in [2.75, 3.05) is 18.5 Å². The molecule has 0 unspecified atom stereocenters. The van der Waals surface area contributed by atoms with Gasteiger partial charge in [-0.3, -0.25) is 9.36 Å². The SMILES string of the molecule is O=C(Nc1ccc(Oc2cc(-n3ccnc3)ncn2)cc1)c1cccc2c1OCCO2. The van der Waals surface area contributed by atoms with Crippen molar-refractivity contribution in [3.8, 4) is 28.9 Å². The third-order valence-electron chi connectivity index (χ3n) is 4.54. The molecule has 2 aromatic carbocycles. The molecular weight excluding hydrogens is 398 g/mol. The molecule has 9 heteroatoms. The average molecular weight is 415 g/mol. The van der Waals surface area contributed by atoms with Crippen LogP contribution in [0.2, 0.25) is 0 Å². The largest absolute Gasteiger partial charge is 0.486 e. The van der Waals surface area contributed by atoms with Crippen molar-refractivity contribution in [3.05, 3.63) is 79.1 Å². The molecule has 1 aliphatic heterocycles. The summed E-state index contributed by atoms with van der Waals surface area (Å²) in [6.07, 6.45) is 6.51. The zero-order valence-corrected chi connectivity index (χ0v) is 16.3. The molecule has 0 atom stereocenters. The molecule has 0 spiro atoms. The number of nitrogens with zero attached hydrogens (tertiary/aromatic N) is 4. The van der Waals surface area contributed by atoms with Gasteiger partial charge >= 0.3 is 0 Å². The van der Waals surface area contributed by atoms with E-state index in [1.807, 2.05) is 0 Å². The molecule has 1 aliphatic rings. The van der Waals surface area contributed by atoms with Crippen LogP contribution in [-0.2, 0) is 0 Å². The smallest absolute Gasteiger partial charge is 0.259 e. The minimum Gasteiger partial charge on any atom is -0.486 e. The van der Waals surface area contributed by atoms with Gasteiger partial charge in [-0.25, -0.2) is 15.0 Å². The molecule has 1 N–H and O–H groups in total. The number of para-hydroxylation sites is 1. The minimum atomic E-state index is -0.281. The second-order valence-electron chi connectivity index (χ2n) is 6.59. The average Bonchev–Trinajstić information content (AvgIpc) is 3.35. The Morgan fingerprint density at radius 1 is 1.06 bits per heavy atom. The summed E-state index contributed by atoms with van der Waals surface area (Å²) in [4.78, 5) is 25.0. The molecule has 9 nitrogen and oxygen atoms in total. The number of aromatic nitrogens is 4. The quantitative estimate of drug-likeness (QED) is 0.533. The minimum absolute atomic E-state index is 0.281. The van der Waals surface area contributed by atoms with E-state index in [0.717, 1.165) is 0 Å². The summed E-state index contributed by atoms with van der Waals surface area (Å²) in [5.74, 6) is 2.36.